The van der Waals surface area contributed by atoms with Gasteiger partial charge in [-0.3, -0.25) is 4.79 Å². The van der Waals surface area contributed by atoms with Gasteiger partial charge >= 0.3 is 6.09 Å². The van der Waals surface area contributed by atoms with Crippen molar-refractivity contribution < 1.29 is 28.2 Å². The van der Waals surface area contributed by atoms with E-state index in [-0.39, 0.29) is 19.1 Å². The van der Waals surface area contributed by atoms with Gasteiger partial charge in [0.15, 0.2) is 0 Å². The highest BCUT2D eigenvalue weighted by Crippen LogP contribution is 2.25. The van der Waals surface area contributed by atoms with Gasteiger partial charge in [-0.05, 0) is 44.4 Å². The van der Waals surface area contributed by atoms with Crippen LogP contribution in [0.4, 0.5) is 4.79 Å². The Balaban J connectivity index is 1.53. The number of carbonyl (C=O) groups excluding carboxylic acids is 2. The van der Waals surface area contributed by atoms with Gasteiger partial charge in [-0.25, -0.2) is 4.79 Å². The maximum Gasteiger partial charge on any atom is 0.410 e. The van der Waals surface area contributed by atoms with E-state index in [4.69, 9.17) is 18.6 Å². The van der Waals surface area contributed by atoms with Crippen LogP contribution in [0.2, 0.25) is 0 Å². The molecule has 0 aliphatic carbocycles. The van der Waals surface area contributed by atoms with Crippen molar-refractivity contribution in [2.24, 2.45) is 0 Å². The van der Waals surface area contributed by atoms with Gasteiger partial charge in [-0.1, -0.05) is 6.07 Å². The Morgan fingerprint density at radius 2 is 2.00 bits per heavy atom. The molecule has 0 fully saturated rings. The predicted molar refractivity (Wildman–Crippen MR) is 126 cm³/mol. The van der Waals surface area contributed by atoms with Crippen LogP contribution in [0.15, 0.2) is 40.1 Å². The number of aromatic nitrogens is 2. The number of benzene rings is 1. The Labute approximate surface area is 201 Å². The first-order valence-corrected chi connectivity index (χ1v) is 11.4. The lowest BCUT2D eigenvalue weighted by molar-refractivity contribution is 0.0278. The Morgan fingerprint density at radius 3 is 2.68 bits per heavy atom. The van der Waals surface area contributed by atoms with Gasteiger partial charge in [0.25, 0.3) is 11.8 Å². The number of methoxy groups -OCH3 is 1. The molecule has 0 spiro atoms. The molecule has 3 aromatic rings. The average molecular weight is 489 g/mol. The fraction of sp³-hybridized carbons (Fsp3) is 0.391. The highest BCUT2D eigenvalue weighted by molar-refractivity contribution is 7.13. The van der Waals surface area contributed by atoms with E-state index in [1.165, 1.54) is 23.3 Å². The number of hydrogen-bond donors (Lipinski definition) is 1. The number of nitrogens with zero attached hydrogens (tertiary/aromatic N) is 3. The van der Waals surface area contributed by atoms with Crippen LogP contribution in [0.25, 0.3) is 10.8 Å². The van der Waals surface area contributed by atoms with Crippen molar-refractivity contribution in [2.75, 3.05) is 27.3 Å². The smallest absolute Gasteiger partial charge is 0.410 e. The van der Waals surface area contributed by atoms with Gasteiger partial charge < -0.3 is 28.8 Å². The van der Waals surface area contributed by atoms with Crippen molar-refractivity contribution in [1.82, 2.24) is 20.4 Å². The third-order valence-electron chi connectivity index (χ3n) is 4.42. The third-order valence-corrected chi connectivity index (χ3v) is 5.28. The topological polar surface area (TPSA) is 116 Å². The van der Waals surface area contributed by atoms with Gasteiger partial charge in [-0.15, -0.1) is 21.5 Å². The molecule has 11 heteroatoms. The van der Waals surface area contributed by atoms with Gasteiger partial charge in [0.1, 0.15) is 23.7 Å². The highest BCUT2D eigenvalue weighted by Gasteiger charge is 2.20. The van der Waals surface area contributed by atoms with Crippen LogP contribution >= 0.6 is 11.3 Å². The van der Waals surface area contributed by atoms with E-state index in [9.17, 15) is 9.59 Å². The minimum Gasteiger partial charge on any atom is -0.496 e. The fourth-order valence-corrected chi connectivity index (χ4v) is 3.40. The molecule has 0 unspecified atom stereocenters. The monoisotopic (exact) mass is 488 g/mol. The Kier molecular flexibility index (Phi) is 8.11. The van der Waals surface area contributed by atoms with Gasteiger partial charge in [0.2, 0.25) is 5.89 Å². The zero-order chi connectivity index (χ0) is 24.7. The molecule has 2 aromatic heterocycles. The SMILES string of the molecule is COc1cc(OCCN(C)C(=O)OC(C)(C)C)ccc1C(=O)NCc1nnc(-c2cccs2)o1. The second-order valence-electron chi connectivity index (χ2n) is 8.27. The van der Waals surface area contributed by atoms with Crippen LogP contribution in [0.1, 0.15) is 37.0 Å². The molecular formula is C23H28N4O6S. The average Bonchev–Trinajstić information content (AvgIpc) is 3.48. The lowest BCUT2D eigenvalue weighted by Crippen LogP contribution is -2.36. The van der Waals surface area contributed by atoms with E-state index < -0.39 is 11.7 Å². The molecule has 0 saturated heterocycles. The Hall–Kier alpha value is -3.60. The third kappa shape index (κ3) is 6.95. The number of nitrogens with one attached hydrogen (secondary N) is 1. The zero-order valence-corrected chi connectivity index (χ0v) is 20.6. The minimum absolute atomic E-state index is 0.0790. The first kappa shape index (κ1) is 25.0. The van der Waals surface area contributed by atoms with Crippen molar-refractivity contribution in [3.63, 3.8) is 0 Å². The minimum atomic E-state index is -0.564. The fourth-order valence-electron chi connectivity index (χ4n) is 2.76. The summed E-state index contributed by atoms with van der Waals surface area (Å²) in [6, 6.07) is 8.65. The molecule has 2 heterocycles. The van der Waals surface area contributed by atoms with Crippen LogP contribution in [0, 0.1) is 0 Å². The maximum atomic E-state index is 12.7. The van der Waals surface area contributed by atoms with Crippen LogP contribution in [-0.2, 0) is 11.3 Å². The predicted octanol–water partition coefficient (Wildman–Crippen LogP) is 3.98. The van der Waals surface area contributed by atoms with Gasteiger partial charge in [0, 0.05) is 13.1 Å². The lowest BCUT2D eigenvalue weighted by Gasteiger charge is -2.24. The number of thiophene rings is 1. The van der Waals surface area contributed by atoms with Crippen molar-refractivity contribution in [1.29, 1.82) is 0 Å². The van der Waals surface area contributed by atoms with E-state index in [2.05, 4.69) is 15.5 Å². The van der Waals surface area contributed by atoms with Crippen LogP contribution < -0.4 is 14.8 Å². The first-order chi connectivity index (χ1) is 16.2. The second kappa shape index (κ2) is 11.0. The van der Waals surface area contributed by atoms with Crippen molar-refractivity contribution >= 4 is 23.3 Å². The summed E-state index contributed by atoms with van der Waals surface area (Å²) in [5, 5.41) is 12.6. The molecule has 34 heavy (non-hydrogen) atoms. The standard InChI is InChI=1S/C23H28N4O6S/c1-23(2,3)33-22(29)27(4)10-11-31-15-8-9-16(17(13-15)30-5)20(28)24-14-19-25-26-21(32-19)18-7-6-12-34-18/h6-9,12-13H,10-11,14H2,1-5H3,(H,24,28). The summed E-state index contributed by atoms with van der Waals surface area (Å²) in [5.41, 5.74) is -0.231. The number of amides is 2. The molecule has 1 N–H and O–H groups in total. The molecule has 0 bridgehead atoms. The number of likely N-dealkylation sites (N-methyl/N-ethyl adjacent to an activating group) is 1. The summed E-state index contributed by atoms with van der Waals surface area (Å²) in [4.78, 5) is 27.0. The normalized spacial score (nSPS) is 11.1. The van der Waals surface area contributed by atoms with Crippen molar-refractivity contribution in [3.8, 4) is 22.3 Å². The number of carbonyl (C=O) groups is 2. The highest BCUT2D eigenvalue weighted by atomic mass is 32.1. The van der Waals surface area contributed by atoms with Crippen molar-refractivity contribution in [2.45, 2.75) is 32.9 Å². The molecule has 0 aliphatic rings. The molecule has 2 amide bonds. The molecule has 1 aromatic carbocycles. The summed E-state index contributed by atoms with van der Waals surface area (Å²) in [7, 11) is 3.11. The van der Waals surface area contributed by atoms with E-state index in [1.54, 1.807) is 25.2 Å². The Bertz CT molecular complexity index is 1110. The lowest BCUT2D eigenvalue weighted by atomic mass is 10.1. The van der Waals surface area contributed by atoms with E-state index >= 15 is 0 Å². The number of hydrogen-bond acceptors (Lipinski definition) is 9. The summed E-state index contributed by atoms with van der Waals surface area (Å²) in [6.45, 7) is 6.08. The summed E-state index contributed by atoms with van der Waals surface area (Å²) < 4.78 is 22.0. The summed E-state index contributed by atoms with van der Waals surface area (Å²) >= 11 is 1.49. The molecule has 182 valence electrons. The first-order valence-electron chi connectivity index (χ1n) is 10.6. The van der Waals surface area contributed by atoms with Crippen LogP contribution in [0.3, 0.4) is 0 Å². The quantitative estimate of drug-likeness (QED) is 0.481. The number of ether oxygens (including phenoxy) is 3. The van der Waals surface area contributed by atoms with Crippen LogP contribution in [0.5, 0.6) is 11.5 Å². The van der Waals surface area contributed by atoms with Crippen LogP contribution in [-0.4, -0.2) is 60.0 Å². The molecular weight excluding hydrogens is 460 g/mol. The molecule has 0 aliphatic heterocycles. The van der Waals surface area contributed by atoms with Gasteiger partial charge in [0.05, 0.1) is 30.6 Å². The van der Waals surface area contributed by atoms with E-state index in [0.717, 1.165) is 4.88 Å². The molecule has 0 saturated carbocycles. The Morgan fingerprint density at radius 1 is 1.21 bits per heavy atom. The number of rotatable bonds is 9. The zero-order valence-electron chi connectivity index (χ0n) is 19.8. The van der Waals surface area contributed by atoms with Gasteiger partial charge in [-0.2, -0.15) is 0 Å². The molecule has 0 radical (unpaired) electrons. The van der Waals surface area contributed by atoms with E-state index in [0.29, 0.717) is 35.4 Å². The second-order valence-corrected chi connectivity index (χ2v) is 9.22. The maximum absolute atomic E-state index is 12.7. The summed E-state index contributed by atoms with van der Waals surface area (Å²) in [6.07, 6.45) is -0.426. The largest absolute Gasteiger partial charge is 0.496 e. The molecule has 0 atom stereocenters. The van der Waals surface area contributed by atoms with Crippen molar-refractivity contribution in [3.05, 3.63) is 47.2 Å². The van der Waals surface area contributed by atoms with E-state index in [1.807, 2.05) is 38.3 Å². The summed E-state index contributed by atoms with van der Waals surface area (Å²) in [5.74, 6) is 1.20. The molecule has 10 nitrogen and oxygen atoms in total. The molecule has 3 rings (SSSR count).